The second-order valence-corrected chi connectivity index (χ2v) is 10.00. The van der Waals surface area contributed by atoms with Crippen molar-refractivity contribution in [3.8, 4) is 0 Å². The Morgan fingerprint density at radius 2 is 1.74 bits per heavy atom. The molecule has 0 spiro atoms. The quantitative estimate of drug-likeness (QED) is 0.383. The van der Waals surface area contributed by atoms with Gasteiger partial charge in [0.05, 0.1) is 22.3 Å². The Morgan fingerprint density at radius 3 is 2.49 bits per heavy atom. The summed E-state index contributed by atoms with van der Waals surface area (Å²) in [6, 6.07) is 14.1. The van der Waals surface area contributed by atoms with Crippen molar-refractivity contribution in [1.29, 1.82) is 0 Å². The third-order valence-corrected chi connectivity index (χ3v) is 7.09. The largest absolute Gasteiger partial charge is 0.366 e. The number of nitrogens with zero attached hydrogens (tertiary/aromatic N) is 6. The highest BCUT2D eigenvalue weighted by molar-refractivity contribution is 7.99. The number of hydrogen-bond acceptors (Lipinski definition) is 6. The van der Waals surface area contributed by atoms with Gasteiger partial charge in [0.2, 0.25) is 11.7 Å². The Labute approximate surface area is 206 Å². The van der Waals surface area contributed by atoms with Gasteiger partial charge in [-0.15, -0.1) is 10.2 Å². The van der Waals surface area contributed by atoms with Crippen LogP contribution in [0.2, 0.25) is 0 Å². The standard InChI is InChI=1S/C25H27FN6O2S/c1-17(2)15-31-23(34)18-7-3-5-9-20(18)32-24(31)27-28-25(32)35-16-22(33)30-13-11-29(12-14-30)21-10-6-4-8-19(21)26/h3-10,17H,11-16H2,1-2H3. The highest BCUT2D eigenvalue weighted by Gasteiger charge is 2.24. The zero-order valence-electron chi connectivity index (χ0n) is 19.7. The molecule has 8 nitrogen and oxygen atoms in total. The normalized spacial score (nSPS) is 14.4. The van der Waals surface area contributed by atoms with Crippen molar-refractivity contribution in [2.24, 2.45) is 5.92 Å². The number of carbonyl (C=O) groups excluding carboxylic acids is 1. The molecule has 1 aliphatic heterocycles. The Balaban J connectivity index is 1.33. The van der Waals surface area contributed by atoms with E-state index in [9.17, 15) is 14.0 Å². The molecule has 0 aliphatic carbocycles. The number of piperazine rings is 1. The predicted octanol–water partition coefficient (Wildman–Crippen LogP) is 3.28. The fraction of sp³-hybridized carbons (Fsp3) is 0.360. The summed E-state index contributed by atoms with van der Waals surface area (Å²) in [5.74, 6) is 0.702. The minimum atomic E-state index is -0.246. The monoisotopic (exact) mass is 494 g/mol. The van der Waals surface area contributed by atoms with Gasteiger partial charge in [0.1, 0.15) is 5.82 Å². The van der Waals surface area contributed by atoms with Gasteiger partial charge in [-0.2, -0.15) is 0 Å². The van der Waals surface area contributed by atoms with Crippen molar-refractivity contribution < 1.29 is 9.18 Å². The molecule has 0 unspecified atom stereocenters. The number of amides is 1. The molecular formula is C25H27FN6O2S. The van der Waals surface area contributed by atoms with Gasteiger partial charge in [-0.1, -0.05) is 49.9 Å². The van der Waals surface area contributed by atoms with Crippen LogP contribution in [0.4, 0.5) is 10.1 Å². The summed E-state index contributed by atoms with van der Waals surface area (Å²) in [5, 5.41) is 9.81. The summed E-state index contributed by atoms with van der Waals surface area (Å²) in [4.78, 5) is 29.8. The lowest BCUT2D eigenvalue weighted by Gasteiger charge is -2.36. The lowest BCUT2D eigenvalue weighted by Crippen LogP contribution is -2.49. The zero-order valence-corrected chi connectivity index (χ0v) is 20.5. The van der Waals surface area contributed by atoms with Crippen molar-refractivity contribution >= 4 is 40.0 Å². The lowest BCUT2D eigenvalue weighted by atomic mass is 10.2. The average Bonchev–Trinajstić information content (AvgIpc) is 3.29. The molecular weight excluding hydrogens is 467 g/mol. The van der Waals surface area contributed by atoms with Crippen LogP contribution in [0.15, 0.2) is 58.5 Å². The van der Waals surface area contributed by atoms with Crippen LogP contribution in [0, 0.1) is 11.7 Å². The van der Waals surface area contributed by atoms with E-state index in [0.29, 0.717) is 54.7 Å². The molecule has 1 fully saturated rings. The predicted molar refractivity (Wildman–Crippen MR) is 136 cm³/mol. The van der Waals surface area contributed by atoms with Crippen molar-refractivity contribution in [3.05, 3.63) is 64.7 Å². The fourth-order valence-corrected chi connectivity index (χ4v) is 5.32. The van der Waals surface area contributed by atoms with Gasteiger partial charge in [0.15, 0.2) is 5.16 Å². The first-order chi connectivity index (χ1) is 16.9. The Kier molecular flexibility index (Phi) is 6.46. The number of aromatic nitrogens is 4. The highest BCUT2D eigenvalue weighted by atomic mass is 32.2. The van der Waals surface area contributed by atoms with E-state index >= 15 is 0 Å². The molecule has 0 radical (unpaired) electrons. The number of benzene rings is 2. The van der Waals surface area contributed by atoms with Gasteiger partial charge >= 0.3 is 0 Å². The molecule has 4 aromatic rings. The first kappa shape index (κ1) is 23.3. The molecule has 35 heavy (non-hydrogen) atoms. The van der Waals surface area contributed by atoms with Gasteiger partial charge in [-0.25, -0.2) is 4.39 Å². The molecule has 3 heterocycles. The maximum atomic E-state index is 14.1. The van der Waals surface area contributed by atoms with Gasteiger partial charge in [-0.3, -0.25) is 18.6 Å². The number of hydrogen-bond donors (Lipinski definition) is 0. The van der Waals surface area contributed by atoms with E-state index in [0.717, 1.165) is 5.52 Å². The van der Waals surface area contributed by atoms with Crippen LogP contribution < -0.4 is 10.5 Å². The van der Waals surface area contributed by atoms with Crippen LogP contribution in [-0.4, -0.2) is 61.9 Å². The average molecular weight is 495 g/mol. The minimum Gasteiger partial charge on any atom is -0.366 e. The van der Waals surface area contributed by atoms with Crippen LogP contribution >= 0.6 is 11.8 Å². The molecule has 1 aliphatic rings. The fourth-order valence-electron chi connectivity index (χ4n) is 4.48. The molecule has 2 aromatic carbocycles. The molecule has 0 atom stereocenters. The number of anilines is 1. The van der Waals surface area contributed by atoms with Crippen molar-refractivity contribution in [2.75, 3.05) is 36.8 Å². The van der Waals surface area contributed by atoms with Gasteiger partial charge in [0.25, 0.3) is 5.56 Å². The van der Waals surface area contributed by atoms with Crippen molar-refractivity contribution in [2.45, 2.75) is 25.5 Å². The van der Waals surface area contributed by atoms with E-state index in [-0.39, 0.29) is 29.0 Å². The van der Waals surface area contributed by atoms with Crippen LogP contribution in [0.25, 0.3) is 16.7 Å². The molecule has 0 N–H and O–H groups in total. The topological polar surface area (TPSA) is 75.7 Å². The second-order valence-electron chi connectivity index (χ2n) is 9.05. The van der Waals surface area contributed by atoms with Crippen molar-refractivity contribution in [3.63, 3.8) is 0 Å². The Hall–Kier alpha value is -3.40. The number of thioether (sulfide) groups is 1. The zero-order chi connectivity index (χ0) is 24.5. The minimum absolute atomic E-state index is 0.000240. The van der Waals surface area contributed by atoms with Crippen LogP contribution in [0.1, 0.15) is 13.8 Å². The summed E-state index contributed by atoms with van der Waals surface area (Å²) in [6.07, 6.45) is 0. The van der Waals surface area contributed by atoms with E-state index in [4.69, 9.17) is 0 Å². The molecule has 0 bridgehead atoms. The summed E-state index contributed by atoms with van der Waals surface area (Å²) in [7, 11) is 0. The third kappa shape index (κ3) is 4.50. The number of carbonyl (C=O) groups is 1. The van der Waals surface area contributed by atoms with Gasteiger partial charge in [-0.05, 0) is 30.2 Å². The van der Waals surface area contributed by atoms with E-state index in [2.05, 4.69) is 24.0 Å². The molecule has 10 heteroatoms. The molecule has 0 saturated carbocycles. The molecule has 1 amide bonds. The summed E-state index contributed by atoms with van der Waals surface area (Å²) in [5.41, 5.74) is 1.21. The van der Waals surface area contributed by atoms with E-state index in [1.54, 1.807) is 21.6 Å². The van der Waals surface area contributed by atoms with Crippen LogP contribution in [0.3, 0.4) is 0 Å². The number of halogens is 1. The molecule has 2 aromatic heterocycles. The lowest BCUT2D eigenvalue weighted by molar-refractivity contribution is -0.128. The highest BCUT2D eigenvalue weighted by Crippen LogP contribution is 2.24. The Morgan fingerprint density at radius 1 is 1.03 bits per heavy atom. The first-order valence-electron chi connectivity index (χ1n) is 11.7. The molecule has 1 saturated heterocycles. The van der Waals surface area contributed by atoms with E-state index < -0.39 is 0 Å². The number of rotatable bonds is 6. The van der Waals surface area contributed by atoms with Crippen molar-refractivity contribution in [1.82, 2.24) is 24.1 Å². The SMILES string of the molecule is CC(C)Cn1c(=O)c2ccccc2n2c(SCC(=O)N3CCN(c4ccccc4F)CC3)nnc12. The summed E-state index contributed by atoms with van der Waals surface area (Å²) in [6.45, 7) is 6.86. The van der Waals surface area contributed by atoms with Gasteiger partial charge in [0, 0.05) is 32.7 Å². The number of para-hydroxylation sites is 2. The smallest absolute Gasteiger partial charge is 0.262 e. The van der Waals surface area contributed by atoms with Crippen LogP contribution in [0.5, 0.6) is 0 Å². The second kappa shape index (κ2) is 9.69. The Bertz CT molecular complexity index is 1440. The van der Waals surface area contributed by atoms with E-state index in [1.165, 1.54) is 17.8 Å². The third-order valence-electron chi connectivity index (χ3n) is 6.18. The maximum Gasteiger partial charge on any atom is 0.262 e. The van der Waals surface area contributed by atoms with E-state index in [1.807, 2.05) is 39.6 Å². The first-order valence-corrected chi connectivity index (χ1v) is 12.7. The summed E-state index contributed by atoms with van der Waals surface area (Å²) >= 11 is 1.32. The maximum absolute atomic E-state index is 14.1. The molecule has 5 rings (SSSR count). The summed E-state index contributed by atoms with van der Waals surface area (Å²) < 4.78 is 17.6. The van der Waals surface area contributed by atoms with Gasteiger partial charge < -0.3 is 9.80 Å². The van der Waals surface area contributed by atoms with Crippen LogP contribution in [-0.2, 0) is 11.3 Å². The molecule has 182 valence electrons. The number of fused-ring (bicyclic) bond motifs is 3.